The van der Waals surface area contributed by atoms with Gasteiger partial charge in [0.25, 0.3) is 0 Å². The van der Waals surface area contributed by atoms with Gasteiger partial charge in [0.15, 0.2) is 5.96 Å². The van der Waals surface area contributed by atoms with Crippen molar-refractivity contribution in [3.63, 3.8) is 0 Å². The third kappa shape index (κ3) is 8.23. The molecule has 0 saturated carbocycles. The summed E-state index contributed by atoms with van der Waals surface area (Å²) in [5.41, 5.74) is 2.59. The van der Waals surface area contributed by atoms with Crippen molar-refractivity contribution in [2.24, 2.45) is 10.9 Å². The average Bonchev–Trinajstić information content (AvgIpc) is 2.75. The molecule has 0 bridgehead atoms. The number of benzene rings is 1. The lowest BCUT2D eigenvalue weighted by Gasteiger charge is -2.34. The second kappa shape index (κ2) is 13.2. The molecule has 2 aliphatic heterocycles. The summed E-state index contributed by atoms with van der Waals surface area (Å²) in [5, 5.41) is 6.59. The summed E-state index contributed by atoms with van der Waals surface area (Å²) in [4.78, 5) is 21.6. The van der Waals surface area contributed by atoms with Crippen molar-refractivity contribution in [2.45, 2.75) is 39.8 Å². The van der Waals surface area contributed by atoms with Crippen molar-refractivity contribution in [1.29, 1.82) is 0 Å². The minimum atomic E-state index is 0. The van der Waals surface area contributed by atoms with E-state index in [0.29, 0.717) is 25.0 Å². The molecule has 2 N–H and O–H groups in total. The summed E-state index contributed by atoms with van der Waals surface area (Å²) in [5.74, 6) is 1.40. The molecule has 1 fully saturated rings. The molecule has 1 atom stereocenters. The van der Waals surface area contributed by atoms with Crippen LogP contribution in [0.2, 0.25) is 0 Å². The van der Waals surface area contributed by atoms with Crippen LogP contribution in [-0.4, -0.2) is 80.2 Å². The Kier molecular flexibility index (Phi) is 11.0. The van der Waals surface area contributed by atoms with E-state index in [1.807, 2.05) is 17.9 Å². The van der Waals surface area contributed by atoms with Crippen molar-refractivity contribution in [1.82, 2.24) is 20.4 Å². The summed E-state index contributed by atoms with van der Waals surface area (Å²) < 4.78 is 5.91. The zero-order valence-corrected chi connectivity index (χ0v) is 21.4. The van der Waals surface area contributed by atoms with Gasteiger partial charge < -0.3 is 20.3 Å². The molecular formula is C23H38IN5O2. The second-order valence-corrected chi connectivity index (χ2v) is 8.56. The molecule has 0 radical (unpaired) electrons. The third-order valence-electron chi connectivity index (χ3n) is 5.54. The van der Waals surface area contributed by atoms with Gasteiger partial charge in [-0.1, -0.05) is 38.1 Å². The van der Waals surface area contributed by atoms with Crippen molar-refractivity contribution in [2.75, 3.05) is 52.4 Å². The van der Waals surface area contributed by atoms with E-state index in [9.17, 15) is 4.79 Å². The topological polar surface area (TPSA) is 69.2 Å². The number of aliphatic imine (C=N–C) groups is 1. The number of hydrogen-bond acceptors (Lipinski definition) is 4. The van der Waals surface area contributed by atoms with Gasteiger partial charge in [0.1, 0.15) is 6.54 Å². The van der Waals surface area contributed by atoms with Crippen molar-refractivity contribution >= 4 is 35.8 Å². The number of guanidine groups is 1. The van der Waals surface area contributed by atoms with Crippen LogP contribution in [-0.2, 0) is 22.5 Å². The van der Waals surface area contributed by atoms with Gasteiger partial charge in [-0.2, -0.15) is 0 Å². The number of morpholine rings is 1. The zero-order chi connectivity index (χ0) is 21.3. The number of fused-ring (bicyclic) bond motifs is 1. The highest BCUT2D eigenvalue weighted by molar-refractivity contribution is 14.0. The Morgan fingerprint density at radius 2 is 2.00 bits per heavy atom. The normalized spacial score (nSPS) is 19.5. The molecule has 2 aliphatic rings. The number of halogens is 1. The summed E-state index contributed by atoms with van der Waals surface area (Å²) >= 11 is 0. The predicted molar refractivity (Wildman–Crippen MR) is 136 cm³/mol. The monoisotopic (exact) mass is 543 g/mol. The van der Waals surface area contributed by atoms with Crippen LogP contribution in [0.4, 0.5) is 0 Å². The van der Waals surface area contributed by atoms with E-state index >= 15 is 0 Å². The quantitative estimate of drug-likeness (QED) is 0.313. The number of hydrogen-bond donors (Lipinski definition) is 2. The van der Waals surface area contributed by atoms with Gasteiger partial charge in [-0.05, 0) is 30.4 Å². The van der Waals surface area contributed by atoms with E-state index in [1.54, 1.807) is 0 Å². The molecule has 1 amide bonds. The van der Waals surface area contributed by atoms with E-state index < -0.39 is 0 Å². The van der Waals surface area contributed by atoms with E-state index in [4.69, 9.17) is 4.74 Å². The van der Waals surface area contributed by atoms with E-state index in [0.717, 1.165) is 45.8 Å². The number of rotatable bonds is 7. The van der Waals surface area contributed by atoms with Crippen LogP contribution in [0.15, 0.2) is 29.3 Å². The second-order valence-electron chi connectivity index (χ2n) is 8.56. The maximum absolute atomic E-state index is 12.7. The van der Waals surface area contributed by atoms with E-state index in [2.05, 4.69) is 52.6 Å². The lowest BCUT2D eigenvalue weighted by Crippen LogP contribution is -2.50. The minimum absolute atomic E-state index is 0. The van der Waals surface area contributed by atoms with Gasteiger partial charge in [-0.25, -0.2) is 4.99 Å². The highest BCUT2D eigenvalue weighted by Gasteiger charge is 2.22. The van der Waals surface area contributed by atoms with Crippen LogP contribution in [0, 0.1) is 5.92 Å². The Morgan fingerprint density at radius 1 is 1.23 bits per heavy atom. The molecule has 0 aromatic heterocycles. The molecule has 1 aromatic rings. The first-order chi connectivity index (χ1) is 14.5. The van der Waals surface area contributed by atoms with Gasteiger partial charge >= 0.3 is 0 Å². The molecule has 31 heavy (non-hydrogen) atoms. The standard InChI is InChI=1S/C23H37N5O2.HI/c1-4-24-23(25-13-21-17-27(11-12-30-21)15-18(2)3)26-14-22(29)28-10-9-19-7-5-6-8-20(19)16-28;/h5-8,18,21H,4,9-17H2,1-3H3,(H2,24,25,26);1H. The molecule has 1 aromatic carbocycles. The first-order valence-electron chi connectivity index (χ1n) is 11.3. The SMILES string of the molecule is CCNC(=NCC(=O)N1CCc2ccccc2C1)NCC1CN(CC(C)C)CCO1.I. The lowest BCUT2D eigenvalue weighted by molar-refractivity contribution is -0.130. The van der Waals surface area contributed by atoms with E-state index in [1.165, 1.54) is 11.1 Å². The largest absolute Gasteiger partial charge is 0.374 e. The lowest BCUT2D eigenvalue weighted by atomic mass is 10.00. The fraction of sp³-hybridized carbons (Fsp3) is 0.652. The molecule has 1 unspecified atom stereocenters. The van der Waals surface area contributed by atoms with Gasteiger partial charge in [0, 0.05) is 45.8 Å². The van der Waals surface area contributed by atoms with Crippen LogP contribution in [0.5, 0.6) is 0 Å². The fourth-order valence-corrected chi connectivity index (χ4v) is 4.09. The van der Waals surface area contributed by atoms with Gasteiger partial charge in [0.2, 0.25) is 5.91 Å². The smallest absolute Gasteiger partial charge is 0.244 e. The number of nitrogens with one attached hydrogen (secondary N) is 2. The number of carbonyl (C=O) groups excluding carboxylic acids is 1. The Labute approximate surface area is 204 Å². The van der Waals surface area contributed by atoms with Crippen LogP contribution >= 0.6 is 24.0 Å². The van der Waals surface area contributed by atoms with Crippen LogP contribution in [0.3, 0.4) is 0 Å². The molecule has 0 aliphatic carbocycles. The minimum Gasteiger partial charge on any atom is -0.374 e. The molecule has 3 rings (SSSR count). The highest BCUT2D eigenvalue weighted by atomic mass is 127. The summed E-state index contributed by atoms with van der Waals surface area (Å²) in [7, 11) is 0. The van der Waals surface area contributed by atoms with Crippen LogP contribution in [0.25, 0.3) is 0 Å². The first kappa shape index (κ1) is 25.9. The Hall–Kier alpha value is -1.39. The van der Waals surface area contributed by atoms with Gasteiger partial charge in [-0.15, -0.1) is 24.0 Å². The number of nitrogens with zero attached hydrogens (tertiary/aromatic N) is 3. The summed E-state index contributed by atoms with van der Waals surface area (Å²) in [6, 6.07) is 8.36. The Bertz CT molecular complexity index is 728. The van der Waals surface area contributed by atoms with Crippen molar-refractivity contribution in [3.05, 3.63) is 35.4 Å². The zero-order valence-electron chi connectivity index (χ0n) is 19.1. The third-order valence-corrected chi connectivity index (χ3v) is 5.54. The molecule has 2 heterocycles. The molecular weight excluding hydrogens is 505 g/mol. The van der Waals surface area contributed by atoms with Crippen molar-refractivity contribution < 1.29 is 9.53 Å². The summed E-state index contributed by atoms with van der Waals surface area (Å²) in [6.07, 6.45) is 1.05. The molecule has 8 heteroatoms. The maximum Gasteiger partial charge on any atom is 0.244 e. The highest BCUT2D eigenvalue weighted by Crippen LogP contribution is 2.18. The van der Waals surface area contributed by atoms with Crippen LogP contribution in [0.1, 0.15) is 31.9 Å². The average molecular weight is 543 g/mol. The van der Waals surface area contributed by atoms with Crippen molar-refractivity contribution in [3.8, 4) is 0 Å². The Balaban J connectivity index is 0.00000341. The van der Waals surface area contributed by atoms with Gasteiger partial charge in [0.05, 0.1) is 12.7 Å². The molecule has 1 saturated heterocycles. The fourth-order valence-electron chi connectivity index (χ4n) is 4.09. The first-order valence-corrected chi connectivity index (χ1v) is 11.3. The predicted octanol–water partition coefficient (Wildman–Crippen LogP) is 2.10. The molecule has 0 spiro atoms. The number of amides is 1. The molecule has 174 valence electrons. The van der Waals surface area contributed by atoms with E-state index in [-0.39, 0.29) is 42.5 Å². The number of ether oxygens (including phenoxy) is 1. The Morgan fingerprint density at radius 3 is 2.74 bits per heavy atom. The van der Waals surface area contributed by atoms with Gasteiger partial charge in [-0.3, -0.25) is 9.69 Å². The molecule has 7 nitrogen and oxygen atoms in total. The van der Waals surface area contributed by atoms with Crippen LogP contribution < -0.4 is 10.6 Å². The maximum atomic E-state index is 12.7. The summed E-state index contributed by atoms with van der Waals surface area (Å²) in [6.45, 7) is 13.3. The number of carbonyl (C=O) groups is 1.